The molecule has 0 atom stereocenters. The zero-order valence-electron chi connectivity index (χ0n) is 10.6. The average Bonchev–Trinajstić information content (AvgIpc) is 2.96. The molecule has 0 aliphatic heterocycles. The Labute approximate surface area is 111 Å². The lowest BCUT2D eigenvalue weighted by Crippen LogP contribution is -2.19. The number of nitrogens with zero attached hydrogens (tertiary/aromatic N) is 6. The van der Waals surface area contributed by atoms with Gasteiger partial charge in [-0.05, 0) is 10.4 Å². The Morgan fingerprint density at radius 2 is 2.16 bits per heavy atom. The Morgan fingerprint density at radius 3 is 2.79 bits per heavy atom. The van der Waals surface area contributed by atoms with Crippen LogP contribution in [0.25, 0.3) is 16.3 Å². The molecule has 0 spiro atoms. The minimum absolute atomic E-state index is 0.126. The van der Waals surface area contributed by atoms with Crippen molar-refractivity contribution >= 4 is 16.3 Å². The SMILES string of the molecule is CC(C)(C)c1nn2c(=O)c(-c3nnn[nH]3)cnc2s1. The van der Waals surface area contributed by atoms with E-state index in [9.17, 15) is 4.79 Å². The smallest absolute Gasteiger partial charge is 0.266 e. The molecule has 0 aliphatic rings. The molecule has 0 aromatic carbocycles. The van der Waals surface area contributed by atoms with Gasteiger partial charge in [0, 0.05) is 11.6 Å². The van der Waals surface area contributed by atoms with E-state index in [4.69, 9.17) is 0 Å². The summed E-state index contributed by atoms with van der Waals surface area (Å²) in [5.74, 6) is 0.289. The molecule has 8 nitrogen and oxygen atoms in total. The van der Waals surface area contributed by atoms with Crippen molar-refractivity contribution in [1.29, 1.82) is 0 Å². The molecule has 3 rings (SSSR count). The highest BCUT2D eigenvalue weighted by Gasteiger charge is 2.21. The molecule has 0 aliphatic carbocycles. The maximum atomic E-state index is 12.3. The molecule has 0 bridgehead atoms. The molecule has 98 valence electrons. The summed E-state index contributed by atoms with van der Waals surface area (Å²) in [4.78, 5) is 17.1. The summed E-state index contributed by atoms with van der Waals surface area (Å²) in [6.45, 7) is 6.12. The molecule has 1 N–H and O–H groups in total. The fraction of sp³-hybridized carbons (Fsp3) is 0.400. The van der Waals surface area contributed by atoms with Crippen molar-refractivity contribution in [3.8, 4) is 11.4 Å². The number of rotatable bonds is 1. The number of fused-ring (bicyclic) bond motifs is 1. The largest absolute Gasteiger partial charge is 0.286 e. The standard InChI is InChI=1S/C10H11N7OS/c1-10(2,3)8-14-17-7(18)5(4-11-9(17)19-8)6-12-15-16-13-6/h4H,1-3H3,(H,12,13,15,16). The molecular formula is C10H11N7OS. The number of aromatic nitrogens is 7. The van der Waals surface area contributed by atoms with Gasteiger partial charge < -0.3 is 0 Å². The summed E-state index contributed by atoms with van der Waals surface area (Å²) >= 11 is 1.40. The van der Waals surface area contributed by atoms with Crippen molar-refractivity contribution < 1.29 is 0 Å². The van der Waals surface area contributed by atoms with Gasteiger partial charge in [-0.2, -0.15) is 9.61 Å². The van der Waals surface area contributed by atoms with Gasteiger partial charge in [0.2, 0.25) is 4.96 Å². The Kier molecular flexibility index (Phi) is 2.45. The summed E-state index contributed by atoms with van der Waals surface area (Å²) in [5, 5.41) is 18.3. The maximum absolute atomic E-state index is 12.3. The number of nitrogens with one attached hydrogen (secondary N) is 1. The first-order valence-corrected chi connectivity index (χ1v) is 6.42. The van der Waals surface area contributed by atoms with Crippen molar-refractivity contribution in [2.75, 3.05) is 0 Å². The third kappa shape index (κ3) is 1.91. The monoisotopic (exact) mass is 277 g/mol. The first kappa shape index (κ1) is 11.9. The van der Waals surface area contributed by atoms with E-state index in [-0.39, 0.29) is 16.8 Å². The molecule has 3 aromatic rings. The highest BCUT2D eigenvalue weighted by molar-refractivity contribution is 7.16. The molecule has 3 heterocycles. The Balaban J connectivity index is 2.26. The molecule has 0 amide bonds. The van der Waals surface area contributed by atoms with Gasteiger partial charge in [-0.25, -0.2) is 10.1 Å². The molecule has 0 unspecified atom stereocenters. The van der Waals surface area contributed by atoms with Gasteiger partial charge in [0.25, 0.3) is 5.56 Å². The van der Waals surface area contributed by atoms with E-state index in [0.29, 0.717) is 10.5 Å². The Hall–Kier alpha value is -2.16. The lowest BCUT2D eigenvalue weighted by atomic mass is 9.98. The van der Waals surface area contributed by atoms with Crippen LogP contribution in [-0.2, 0) is 5.41 Å². The molecule has 0 saturated heterocycles. The van der Waals surface area contributed by atoms with Crippen LogP contribution in [0.15, 0.2) is 11.0 Å². The van der Waals surface area contributed by atoms with Crippen molar-refractivity contribution in [2.45, 2.75) is 26.2 Å². The zero-order chi connectivity index (χ0) is 13.6. The van der Waals surface area contributed by atoms with Gasteiger partial charge in [-0.15, -0.1) is 5.10 Å². The second kappa shape index (κ2) is 3.92. The zero-order valence-corrected chi connectivity index (χ0v) is 11.4. The van der Waals surface area contributed by atoms with Crippen molar-refractivity contribution in [3.05, 3.63) is 21.6 Å². The number of tetrazole rings is 1. The van der Waals surface area contributed by atoms with E-state index in [1.807, 2.05) is 20.8 Å². The third-order valence-corrected chi connectivity index (χ3v) is 3.88. The lowest BCUT2D eigenvalue weighted by Gasteiger charge is -2.12. The van der Waals surface area contributed by atoms with Gasteiger partial charge in [-0.3, -0.25) is 4.79 Å². The fourth-order valence-electron chi connectivity index (χ4n) is 1.52. The average molecular weight is 277 g/mol. The van der Waals surface area contributed by atoms with Crippen molar-refractivity contribution in [3.63, 3.8) is 0 Å². The minimum Gasteiger partial charge on any atom is -0.266 e. The van der Waals surface area contributed by atoms with Crippen molar-refractivity contribution in [2.24, 2.45) is 0 Å². The molecule has 0 fully saturated rings. The molecular weight excluding hydrogens is 266 g/mol. The van der Waals surface area contributed by atoms with Gasteiger partial charge in [-0.1, -0.05) is 32.1 Å². The third-order valence-electron chi connectivity index (χ3n) is 2.53. The summed E-state index contributed by atoms with van der Waals surface area (Å²) in [5.41, 5.74) is -0.109. The second-order valence-corrected chi connectivity index (χ2v) is 6.03. The summed E-state index contributed by atoms with van der Waals surface area (Å²) in [7, 11) is 0. The fourth-order valence-corrected chi connectivity index (χ4v) is 2.44. The Bertz CT molecular complexity index is 780. The molecule has 0 radical (unpaired) electrons. The predicted octanol–water partition coefficient (Wildman–Crippen LogP) is 0.629. The molecule has 19 heavy (non-hydrogen) atoms. The highest BCUT2D eigenvalue weighted by Crippen LogP contribution is 2.26. The van der Waals surface area contributed by atoms with E-state index in [1.54, 1.807) is 0 Å². The topological polar surface area (TPSA) is 102 Å². The van der Waals surface area contributed by atoms with Crippen molar-refractivity contribution in [1.82, 2.24) is 35.2 Å². The van der Waals surface area contributed by atoms with Gasteiger partial charge in [0.05, 0.1) is 0 Å². The van der Waals surface area contributed by atoms with E-state index >= 15 is 0 Å². The van der Waals surface area contributed by atoms with Gasteiger partial charge >= 0.3 is 0 Å². The van der Waals surface area contributed by atoms with Crippen LogP contribution in [0.3, 0.4) is 0 Å². The molecule has 0 saturated carbocycles. The molecule has 3 aromatic heterocycles. The van der Waals surface area contributed by atoms with Crippen LogP contribution in [0.1, 0.15) is 25.8 Å². The summed E-state index contributed by atoms with van der Waals surface area (Å²) in [6, 6.07) is 0. The maximum Gasteiger partial charge on any atom is 0.286 e. The Morgan fingerprint density at radius 1 is 1.37 bits per heavy atom. The van der Waals surface area contributed by atoms with E-state index < -0.39 is 0 Å². The van der Waals surface area contributed by atoms with Crippen LogP contribution in [0.5, 0.6) is 0 Å². The summed E-state index contributed by atoms with van der Waals surface area (Å²) < 4.78 is 1.29. The number of hydrogen-bond acceptors (Lipinski definition) is 7. The van der Waals surface area contributed by atoms with Crippen LogP contribution in [0, 0.1) is 0 Å². The van der Waals surface area contributed by atoms with Crippen LogP contribution in [0.2, 0.25) is 0 Å². The molecule has 9 heteroatoms. The lowest BCUT2D eigenvalue weighted by molar-refractivity contribution is 0.572. The van der Waals surface area contributed by atoms with Crippen LogP contribution >= 0.6 is 11.3 Å². The first-order valence-electron chi connectivity index (χ1n) is 5.60. The quantitative estimate of drug-likeness (QED) is 0.700. The first-order chi connectivity index (χ1) is 8.97. The van der Waals surface area contributed by atoms with E-state index in [0.717, 1.165) is 5.01 Å². The number of aromatic amines is 1. The number of hydrogen-bond donors (Lipinski definition) is 1. The van der Waals surface area contributed by atoms with Gasteiger partial charge in [0.15, 0.2) is 5.82 Å². The van der Waals surface area contributed by atoms with Crippen LogP contribution < -0.4 is 5.56 Å². The minimum atomic E-state index is -0.282. The van der Waals surface area contributed by atoms with E-state index in [1.165, 1.54) is 22.0 Å². The van der Waals surface area contributed by atoms with E-state index in [2.05, 4.69) is 30.7 Å². The predicted molar refractivity (Wildman–Crippen MR) is 69.0 cm³/mol. The van der Waals surface area contributed by atoms with Crippen LogP contribution in [0.4, 0.5) is 0 Å². The second-order valence-electron chi connectivity index (χ2n) is 5.08. The number of H-pyrrole nitrogens is 1. The highest BCUT2D eigenvalue weighted by atomic mass is 32.1. The van der Waals surface area contributed by atoms with Gasteiger partial charge in [0.1, 0.15) is 10.6 Å². The van der Waals surface area contributed by atoms with Crippen LogP contribution in [-0.4, -0.2) is 35.2 Å². The normalized spacial score (nSPS) is 12.2. The summed E-state index contributed by atoms with van der Waals surface area (Å²) in [6.07, 6.45) is 1.46.